The Bertz CT molecular complexity index is 1690. The van der Waals surface area contributed by atoms with Crippen molar-refractivity contribution in [1.29, 1.82) is 0 Å². The molecule has 4 aromatic carbocycles. The van der Waals surface area contributed by atoms with Crippen molar-refractivity contribution in [3.63, 3.8) is 0 Å². The molecule has 39 heavy (non-hydrogen) atoms. The lowest BCUT2D eigenvalue weighted by Crippen LogP contribution is -2.29. The van der Waals surface area contributed by atoms with E-state index in [4.69, 9.17) is 0 Å². The van der Waals surface area contributed by atoms with Gasteiger partial charge in [0, 0.05) is 41.1 Å². The average Bonchev–Trinajstić information content (AvgIpc) is 3.28. The first-order chi connectivity index (χ1) is 18.8. The molecule has 4 nitrogen and oxygen atoms in total. The molecule has 2 heterocycles. The Morgan fingerprint density at radius 1 is 0.744 bits per heavy atom. The van der Waals surface area contributed by atoms with Crippen LogP contribution in [0.25, 0.3) is 21.5 Å². The molecule has 198 valence electrons. The van der Waals surface area contributed by atoms with Gasteiger partial charge in [0.05, 0.1) is 12.0 Å². The summed E-state index contributed by atoms with van der Waals surface area (Å²) in [5.74, 6) is 0. The monoisotopic (exact) mass is 517 g/mol. The second-order valence-electron chi connectivity index (χ2n) is 11.7. The van der Waals surface area contributed by atoms with Crippen LogP contribution >= 0.6 is 0 Å². The third kappa shape index (κ3) is 3.85. The van der Waals surface area contributed by atoms with Gasteiger partial charge in [-0.1, -0.05) is 74.5 Å². The van der Waals surface area contributed by atoms with Gasteiger partial charge in [-0.05, 0) is 59.2 Å². The zero-order chi connectivity index (χ0) is 27.4. The minimum atomic E-state index is -0.227. The number of fused-ring (bicyclic) bond motifs is 6. The summed E-state index contributed by atoms with van der Waals surface area (Å²) < 4.78 is 2.27. The van der Waals surface area contributed by atoms with Gasteiger partial charge < -0.3 is 15.1 Å². The molecular formula is C35H37N2O2+. The lowest BCUT2D eigenvalue weighted by atomic mass is 9.79. The standard InChI is InChI=1S/C35H37N2O2/c1-34(2)30(36(20-22-38)28-18-16-24-10-5-7-12-26(24)32(28)34)14-9-15-31-35(3,4)33-27-13-8-6-11-25(27)17-19-29(33)37(31)21-23-39/h5-19,38-39H,20-23H2,1-4H3/q+1. The Labute approximate surface area is 230 Å². The highest BCUT2D eigenvalue weighted by Crippen LogP contribution is 2.50. The predicted molar refractivity (Wildman–Crippen MR) is 162 cm³/mol. The van der Waals surface area contributed by atoms with Crippen molar-refractivity contribution in [2.75, 3.05) is 31.2 Å². The maximum absolute atomic E-state index is 9.98. The first-order valence-corrected chi connectivity index (χ1v) is 13.9. The summed E-state index contributed by atoms with van der Waals surface area (Å²) in [5.41, 5.74) is 6.85. The molecule has 0 amide bonds. The summed E-state index contributed by atoms with van der Waals surface area (Å²) in [7, 11) is 0. The van der Waals surface area contributed by atoms with Gasteiger partial charge >= 0.3 is 0 Å². The van der Waals surface area contributed by atoms with Gasteiger partial charge in [0.1, 0.15) is 6.61 Å². The van der Waals surface area contributed by atoms with E-state index >= 15 is 0 Å². The molecule has 2 aliphatic heterocycles. The number of benzene rings is 4. The van der Waals surface area contributed by atoms with E-state index < -0.39 is 0 Å². The number of anilines is 1. The predicted octanol–water partition coefficient (Wildman–Crippen LogP) is 6.59. The Hall–Kier alpha value is -3.73. The molecule has 0 saturated carbocycles. The highest BCUT2D eigenvalue weighted by molar-refractivity contribution is 6.07. The maximum Gasteiger partial charge on any atom is 0.210 e. The Kier molecular flexibility index (Phi) is 6.21. The highest BCUT2D eigenvalue weighted by atomic mass is 16.3. The fourth-order valence-electron chi connectivity index (χ4n) is 6.98. The minimum Gasteiger partial charge on any atom is -0.395 e. The third-order valence-corrected chi connectivity index (χ3v) is 8.66. The van der Waals surface area contributed by atoms with Gasteiger partial charge in [0.2, 0.25) is 5.69 Å². The third-order valence-electron chi connectivity index (χ3n) is 8.66. The van der Waals surface area contributed by atoms with Crippen LogP contribution in [-0.4, -0.2) is 46.8 Å². The van der Waals surface area contributed by atoms with Crippen LogP contribution in [0.3, 0.4) is 0 Å². The molecule has 2 aliphatic rings. The van der Waals surface area contributed by atoms with Gasteiger partial charge in [0.25, 0.3) is 0 Å². The molecule has 0 saturated heterocycles. The topological polar surface area (TPSA) is 46.7 Å². The highest BCUT2D eigenvalue weighted by Gasteiger charge is 2.45. The molecule has 0 radical (unpaired) electrons. The van der Waals surface area contributed by atoms with Crippen molar-refractivity contribution in [2.45, 2.75) is 38.5 Å². The Morgan fingerprint density at radius 2 is 1.38 bits per heavy atom. The van der Waals surface area contributed by atoms with E-state index in [2.05, 4.69) is 128 Å². The zero-order valence-electron chi connectivity index (χ0n) is 23.3. The molecule has 6 rings (SSSR count). The van der Waals surface area contributed by atoms with Gasteiger partial charge in [-0.25, -0.2) is 0 Å². The van der Waals surface area contributed by atoms with Crippen LogP contribution in [0.15, 0.2) is 96.7 Å². The van der Waals surface area contributed by atoms with Crippen molar-refractivity contribution >= 4 is 38.6 Å². The Morgan fingerprint density at radius 3 is 2.05 bits per heavy atom. The second kappa shape index (κ2) is 9.48. The van der Waals surface area contributed by atoms with E-state index in [-0.39, 0.29) is 24.0 Å². The summed E-state index contributed by atoms with van der Waals surface area (Å²) in [4.78, 5) is 2.27. The molecule has 2 N–H and O–H groups in total. The SMILES string of the molecule is CC1(C)C(/C=C/C=C2\N(CCO)c3ccc4ccccc4c3C2(C)C)=[N+](CCO)c2ccc3ccccc3c21. The van der Waals surface area contributed by atoms with E-state index in [1.54, 1.807) is 0 Å². The van der Waals surface area contributed by atoms with Crippen molar-refractivity contribution in [3.8, 4) is 0 Å². The minimum absolute atomic E-state index is 0.0838. The van der Waals surface area contributed by atoms with Crippen molar-refractivity contribution in [2.24, 2.45) is 0 Å². The summed E-state index contributed by atoms with van der Waals surface area (Å²) >= 11 is 0. The van der Waals surface area contributed by atoms with Crippen LogP contribution in [0.2, 0.25) is 0 Å². The second-order valence-corrected chi connectivity index (χ2v) is 11.7. The van der Waals surface area contributed by atoms with E-state index in [1.807, 2.05) is 0 Å². The van der Waals surface area contributed by atoms with Crippen LogP contribution in [0.1, 0.15) is 38.8 Å². The Balaban J connectivity index is 1.46. The fourth-order valence-corrected chi connectivity index (χ4v) is 6.98. The first kappa shape index (κ1) is 25.5. The molecule has 0 aromatic heterocycles. The fraction of sp³-hybridized carbons (Fsp3) is 0.286. The van der Waals surface area contributed by atoms with Crippen molar-refractivity contribution < 1.29 is 14.8 Å². The van der Waals surface area contributed by atoms with Crippen LogP contribution in [0.5, 0.6) is 0 Å². The number of aliphatic hydroxyl groups is 2. The smallest absolute Gasteiger partial charge is 0.210 e. The van der Waals surface area contributed by atoms with Crippen LogP contribution in [0.4, 0.5) is 11.4 Å². The molecule has 4 aromatic rings. The number of hydrogen-bond donors (Lipinski definition) is 2. The van der Waals surface area contributed by atoms with Crippen LogP contribution < -0.4 is 4.90 Å². The number of nitrogens with zero attached hydrogens (tertiary/aromatic N) is 2. The van der Waals surface area contributed by atoms with Crippen molar-refractivity contribution in [1.82, 2.24) is 0 Å². The van der Waals surface area contributed by atoms with Gasteiger partial charge in [0.15, 0.2) is 12.3 Å². The van der Waals surface area contributed by atoms with E-state index in [1.165, 1.54) is 55.5 Å². The first-order valence-electron chi connectivity index (χ1n) is 13.9. The average molecular weight is 518 g/mol. The molecular weight excluding hydrogens is 480 g/mol. The van der Waals surface area contributed by atoms with Crippen molar-refractivity contribution in [3.05, 3.63) is 108 Å². The van der Waals surface area contributed by atoms with Gasteiger partial charge in [-0.15, -0.1) is 0 Å². The maximum atomic E-state index is 9.98. The van der Waals surface area contributed by atoms with Crippen LogP contribution in [-0.2, 0) is 10.8 Å². The molecule has 0 spiro atoms. The number of β-amino-alcohol motifs (C(OH)–C–C–N with tert-alkyl or cyclic N) is 2. The lowest BCUT2D eigenvalue weighted by molar-refractivity contribution is -0.440. The largest absolute Gasteiger partial charge is 0.395 e. The van der Waals surface area contributed by atoms with E-state index in [0.29, 0.717) is 13.1 Å². The van der Waals surface area contributed by atoms with E-state index in [0.717, 1.165) is 0 Å². The normalized spacial score (nSPS) is 18.6. The number of hydrogen-bond acceptors (Lipinski definition) is 3. The molecule has 0 unspecified atom stereocenters. The summed E-state index contributed by atoms with van der Waals surface area (Å²) in [5, 5.41) is 25.0. The summed E-state index contributed by atoms with van der Waals surface area (Å²) in [6.45, 7) is 10.4. The molecule has 0 aliphatic carbocycles. The molecule has 0 bridgehead atoms. The summed E-state index contributed by atoms with van der Waals surface area (Å²) in [6, 6.07) is 25.9. The molecule has 0 atom stereocenters. The molecule has 0 fully saturated rings. The number of rotatable bonds is 6. The molecule has 4 heteroatoms. The zero-order valence-corrected chi connectivity index (χ0v) is 23.3. The van der Waals surface area contributed by atoms with Crippen LogP contribution in [0, 0.1) is 0 Å². The van der Waals surface area contributed by atoms with E-state index in [9.17, 15) is 10.2 Å². The lowest BCUT2D eigenvalue weighted by Gasteiger charge is -2.26. The number of aliphatic hydroxyl groups excluding tert-OH is 2. The number of allylic oxidation sites excluding steroid dienone is 4. The van der Waals surface area contributed by atoms with Gasteiger partial charge in [-0.2, -0.15) is 4.58 Å². The quantitative estimate of drug-likeness (QED) is 0.284. The van der Waals surface area contributed by atoms with Gasteiger partial charge in [-0.3, -0.25) is 0 Å². The summed E-state index contributed by atoms with van der Waals surface area (Å²) in [6.07, 6.45) is 6.59.